The number of hydrogen-bond donors (Lipinski definition) is 1. The highest BCUT2D eigenvalue weighted by Gasteiger charge is 2.31. The molecule has 1 N–H and O–H groups in total. The SMILES string of the molecule is CN1CCN(C(=O)c2ccc([C@@H]3CCCN3C(=O)CNS(C)(=O)=O)nc2)CC1. The van der Waals surface area contributed by atoms with Crippen LogP contribution in [0.4, 0.5) is 0 Å². The van der Waals surface area contributed by atoms with E-state index < -0.39 is 10.0 Å². The first-order valence-corrected chi connectivity index (χ1v) is 11.3. The molecule has 0 aromatic carbocycles. The molecule has 1 atom stereocenters. The molecule has 2 amide bonds. The molecule has 1 aromatic heterocycles. The standard InChI is InChI=1S/C18H27N5O4S/c1-21-8-10-22(11-9-21)18(25)14-5-6-15(19-12-14)16-4-3-7-23(16)17(24)13-20-28(2,26)27/h5-6,12,16,20H,3-4,7-11,13H2,1-2H3/t16-/m0/s1. The van der Waals surface area contributed by atoms with Crippen LogP contribution in [0.2, 0.25) is 0 Å². The van der Waals surface area contributed by atoms with Crippen LogP contribution in [0.15, 0.2) is 18.3 Å². The van der Waals surface area contributed by atoms with Crippen molar-refractivity contribution in [3.05, 3.63) is 29.6 Å². The highest BCUT2D eigenvalue weighted by molar-refractivity contribution is 7.88. The number of hydrogen-bond acceptors (Lipinski definition) is 6. The Morgan fingerprint density at radius 1 is 1.18 bits per heavy atom. The summed E-state index contributed by atoms with van der Waals surface area (Å²) in [6.45, 7) is 3.44. The molecule has 0 saturated carbocycles. The first kappa shape index (κ1) is 20.7. The number of sulfonamides is 1. The third kappa shape index (κ3) is 5.06. The second kappa shape index (κ2) is 8.54. The molecule has 9 nitrogen and oxygen atoms in total. The van der Waals surface area contributed by atoms with E-state index in [9.17, 15) is 18.0 Å². The fraction of sp³-hybridized carbons (Fsp3) is 0.611. The predicted octanol–water partition coefficient (Wildman–Crippen LogP) is -0.318. The number of likely N-dealkylation sites (tertiary alicyclic amines) is 1. The molecule has 10 heteroatoms. The zero-order chi connectivity index (χ0) is 20.3. The first-order valence-electron chi connectivity index (χ1n) is 9.42. The molecule has 0 bridgehead atoms. The molecule has 0 unspecified atom stereocenters. The summed E-state index contributed by atoms with van der Waals surface area (Å²) in [6.07, 6.45) is 4.20. The summed E-state index contributed by atoms with van der Waals surface area (Å²) in [5.74, 6) is -0.295. The second-order valence-corrected chi connectivity index (χ2v) is 9.24. The van der Waals surface area contributed by atoms with E-state index >= 15 is 0 Å². The van der Waals surface area contributed by atoms with Gasteiger partial charge in [0.2, 0.25) is 15.9 Å². The Kier molecular flexibility index (Phi) is 6.31. The Morgan fingerprint density at radius 2 is 1.89 bits per heavy atom. The average molecular weight is 410 g/mol. The van der Waals surface area contributed by atoms with Crippen LogP contribution in [0.3, 0.4) is 0 Å². The van der Waals surface area contributed by atoms with E-state index in [-0.39, 0.29) is 24.4 Å². The Bertz CT molecular complexity index is 819. The summed E-state index contributed by atoms with van der Waals surface area (Å²) in [4.78, 5) is 35.1. The lowest BCUT2D eigenvalue weighted by atomic mass is 10.1. The zero-order valence-corrected chi connectivity index (χ0v) is 17.1. The molecular formula is C18H27N5O4S. The molecule has 0 radical (unpaired) electrons. The van der Waals surface area contributed by atoms with Crippen molar-refractivity contribution in [3.63, 3.8) is 0 Å². The smallest absolute Gasteiger partial charge is 0.255 e. The lowest BCUT2D eigenvalue weighted by Crippen LogP contribution is -2.47. The van der Waals surface area contributed by atoms with Gasteiger partial charge in [-0.2, -0.15) is 0 Å². The molecule has 2 aliphatic heterocycles. The highest BCUT2D eigenvalue weighted by atomic mass is 32.2. The fourth-order valence-electron chi connectivity index (χ4n) is 3.59. The third-order valence-corrected chi connectivity index (χ3v) is 5.89. The maximum absolute atomic E-state index is 12.6. The fourth-order valence-corrected chi connectivity index (χ4v) is 3.97. The van der Waals surface area contributed by atoms with Crippen LogP contribution in [0.5, 0.6) is 0 Å². The van der Waals surface area contributed by atoms with Gasteiger partial charge in [-0.3, -0.25) is 14.6 Å². The van der Waals surface area contributed by atoms with E-state index in [0.717, 1.165) is 37.9 Å². The molecule has 154 valence electrons. The Balaban J connectivity index is 1.65. The van der Waals surface area contributed by atoms with Crippen LogP contribution in [0.25, 0.3) is 0 Å². The summed E-state index contributed by atoms with van der Waals surface area (Å²) in [5, 5.41) is 0. The molecule has 2 aliphatic rings. The van der Waals surface area contributed by atoms with E-state index in [1.807, 2.05) is 11.9 Å². The molecule has 0 aliphatic carbocycles. The van der Waals surface area contributed by atoms with Crippen molar-refractivity contribution in [2.24, 2.45) is 0 Å². The summed E-state index contributed by atoms with van der Waals surface area (Å²) in [5.41, 5.74) is 1.27. The van der Waals surface area contributed by atoms with E-state index in [1.165, 1.54) is 0 Å². The summed E-state index contributed by atoms with van der Waals surface area (Å²) in [6, 6.07) is 3.36. The topological polar surface area (TPSA) is 103 Å². The van der Waals surface area contributed by atoms with E-state index in [0.29, 0.717) is 25.2 Å². The van der Waals surface area contributed by atoms with Gasteiger partial charge in [0.25, 0.3) is 5.91 Å². The van der Waals surface area contributed by atoms with Gasteiger partial charge in [-0.25, -0.2) is 13.1 Å². The van der Waals surface area contributed by atoms with Crippen molar-refractivity contribution in [2.75, 3.05) is 52.6 Å². The Morgan fingerprint density at radius 3 is 2.50 bits per heavy atom. The first-order chi connectivity index (χ1) is 13.2. The van der Waals surface area contributed by atoms with Gasteiger partial charge < -0.3 is 14.7 Å². The van der Waals surface area contributed by atoms with Gasteiger partial charge in [-0.15, -0.1) is 0 Å². The minimum Gasteiger partial charge on any atom is -0.336 e. The summed E-state index contributed by atoms with van der Waals surface area (Å²) in [7, 11) is -1.38. The minimum absolute atomic E-state index is 0.0242. The Labute approximate surface area is 165 Å². The molecule has 2 fully saturated rings. The third-order valence-electron chi connectivity index (χ3n) is 5.22. The maximum atomic E-state index is 12.6. The van der Waals surface area contributed by atoms with Crippen LogP contribution in [0.1, 0.15) is 34.9 Å². The zero-order valence-electron chi connectivity index (χ0n) is 16.3. The lowest BCUT2D eigenvalue weighted by molar-refractivity contribution is -0.130. The number of aromatic nitrogens is 1. The van der Waals surface area contributed by atoms with Gasteiger partial charge in [0.15, 0.2) is 0 Å². The largest absolute Gasteiger partial charge is 0.336 e. The molecule has 3 rings (SSSR count). The molecule has 3 heterocycles. The Hall–Kier alpha value is -2.04. The number of likely N-dealkylation sites (N-methyl/N-ethyl adjacent to an activating group) is 1. The van der Waals surface area contributed by atoms with E-state index in [2.05, 4.69) is 14.6 Å². The van der Waals surface area contributed by atoms with Crippen LogP contribution in [-0.4, -0.2) is 92.5 Å². The van der Waals surface area contributed by atoms with Gasteiger partial charge >= 0.3 is 0 Å². The van der Waals surface area contributed by atoms with E-state index in [4.69, 9.17) is 0 Å². The number of carbonyl (C=O) groups is 2. The van der Waals surface area contributed by atoms with Crippen LogP contribution >= 0.6 is 0 Å². The quantitative estimate of drug-likeness (QED) is 0.715. The molecular weight excluding hydrogens is 382 g/mol. The lowest BCUT2D eigenvalue weighted by Gasteiger charge is -2.32. The van der Waals surface area contributed by atoms with Crippen molar-refractivity contribution in [1.82, 2.24) is 24.4 Å². The number of amides is 2. The van der Waals surface area contributed by atoms with Crippen LogP contribution < -0.4 is 4.72 Å². The second-order valence-electron chi connectivity index (χ2n) is 7.41. The van der Waals surface area contributed by atoms with Crippen molar-refractivity contribution in [3.8, 4) is 0 Å². The summed E-state index contributed by atoms with van der Waals surface area (Å²) >= 11 is 0. The molecule has 28 heavy (non-hydrogen) atoms. The van der Waals surface area contributed by atoms with Gasteiger partial charge in [-0.05, 0) is 32.0 Å². The van der Waals surface area contributed by atoms with Crippen molar-refractivity contribution in [2.45, 2.75) is 18.9 Å². The maximum Gasteiger partial charge on any atom is 0.255 e. The monoisotopic (exact) mass is 409 g/mol. The predicted molar refractivity (Wildman–Crippen MR) is 104 cm³/mol. The minimum atomic E-state index is -3.42. The number of rotatable bonds is 5. The summed E-state index contributed by atoms with van der Waals surface area (Å²) < 4.78 is 24.7. The van der Waals surface area contributed by atoms with Crippen LogP contribution in [-0.2, 0) is 14.8 Å². The van der Waals surface area contributed by atoms with Gasteiger partial charge in [0.1, 0.15) is 0 Å². The van der Waals surface area contributed by atoms with Crippen molar-refractivity contribution >= 4 is 21.8 Å². The number of piperazine rings is 1. The number of pyridine rings is 1. The normalized spacial score (nSPS) is 21.1. The number of carbonyl (C=O) groups excluding carboxylic acids is 2. The van der Waals surface area contributed by atoms with Crippen molar-refractivity contribution in [1.29, 1.82) is 0 Å². The van der Waals surface area contributed by atoms with Gasteiger partial charge in [-0.1, -0.05) is 0 Å². The molecule has 0 spiro atoms. The number of nitrogens with one attached hydrogen (secondary N) is 1. The van der Waals surface area contributed by atoms with Crippen LogP contribution in [0, 0.1) is 0 Å². The average Bonchev–Trinajstić information content (AvgIpc) is 3.15. The molecule has 1 aromatic rings. The highest BCUT2D eigenvalue weighted by Crippen LogP contribution is 2.30. The molecule has 2 saturated heterocycles. The van der Waals surface area contributed by atoms with Gasteiger partial charge in [0, 0.05) is 38.9 Å². The number of nitrogens with zero attached hydrogens (tertiary/aromatic N) is 4. The van der Waals surface area contributed by atoms with Gasteiger partial charge in [0.05, 0.1) is 30.1 Å². The van der Waals surface area contributed by atoms with Crippen molar-refractivity contribution < 1.29 is 18.0 Å². The van der Waals surface area contributed by atoms with E-state index in [1.54, 1.807) is 23.2 Å².